The van der Waals surface area contributed by atoms with Gasteiger partial charge in [0.15, 0.2) is 34.7 Å². The largest absolute Gasteiger partial charge is 0.479 e. The number of ketones is 1. The summed E-state index contributed by atoms with van der Waals surface area (Å²) in [5.41, 5.74) is 0.191. The molecule has 0 radical (unpaired) electrons. The number of nitrogens with one attached hydrogen (secondary N) is 3. The number of carbonyl (C=O) groups excluding carboxylic acids is 4. The molecule has 3 amide bonds. The van der Waals surface area contributed by atoms with E-state index in [-0.39, 0.29) is 43.1 Å². The lowest BCUT2D eigenvalue weighted by Gasteiger charge is -2.25. The number of hydrogen-bond acceptors (Lipinski definition) is 7. The minimum atomic E-state index is -1.83. The molecule has 0 bridgehead atoms. The van der Waals surface area contributed by atoms with Gasteiger partial charge in [0.2, 0.25) is 30.2 Å². The molecular formula is C28H29F4N3O7. The number of amides is 3. The molecule has 0 saturated carbocycles. The number of ether oxygens (including phenoxy) is 3. The molecule has 2 aromatic carbocycles. The van der Waals surface area contributed by atoms with Gasteiger partial charge in [-0.2, -0.15) is 8.78 Å². The van der Waals surface area contributed by atoms with E-state index in [4.69, 9.17) is 14.2 Å². The molecule has 2 aliphatic rings. The molecule has 2 aliphatic heterocycles. The van der Waals surface area contributed by atoms with E-state index in [1.54, 1.807) is 6.07 Å². The van der Waals surface area contributed by atoms with Crippen LogP contribution in [0.4, 0.5) is 17.6 Å². The summed E-state index contributed by atoms with van der Waals surface area (Å²) in [5, 5.41) is 7.76. The summed E-state index contributed by atoms with van der Waals surface area (Å²) >= 11 is 0. The van der Waals surface area contributed by atoms with Gasteiger partial charge in [-0.1, -0.05) is 13.8 Å². The normalized spacial score (nSPS) is 17.0. The third-order valence-electron chi connectivity index (χ3n) is 6.78. The Morgan fingerprint density at radius 3 is 2.33 bits per heavy atom. The molecule has 3 atom stereocenters. The predicted octanol–water partition coefficient (Wildman–Crippen LogP) is 2.78. The Kier molecular flexibility index (Phi) is 9.53. The molecule has 42 heavy (non-hydrogen) atoms. The van der Waals surface area contributed by atoms with Crippen molar-refractivity contribution < 1.29 is 51.0 Å². The third-order valence-corrected chi connectivity index (χ3v) is 6.78. The van der Waals surface area contributed by atoms with Gasteiger partial charge < -0.3 is 30.2 Å². The van der Waals surface area contributed by atoms with Crippen molar-refractivity contribution in [2.45, 2.75) is 45.2 Å². The van der Waals surface area contributed by atoms with Gasteiger partial charge in [-0.25, -0.2) is 8.78 Å². The van der Waals surface area contributed by atoms with Crippen LogP contribution in [-0.2, 0) is 14.4 Å². The highest BCUT2D eigenvalue weighted by Crippen LogP contribution is 2.32. The first-order valence-corrected chi connectivity index (χ1v) is 13.2. The minimum Gasteiger partial charge on any atom is -0.479 e. The van der Waals surface area contributed by atoms with Gasteiger partial charge in [-0.3, -0.25) is 19.2 Å². The van der Waals surface area contributed by atoms with E-state index in [1.807, 2.05) is 13.8 Å². The molecule has 1 fully saturated rings. The highest BCUT2D eigenvalue weighted by molar-refractivity contribution is 5.99. The summed E-state index contributed by atoms with van der Waals surface area (Å²) in [6.07, 6.45) is 0.336. The summed E-state index contributed by atoms with van der Waals surface area (Å²) in [7, 11) is 0. The quantitative estimate of drug-likeness (QED) is 0.254. The fraction of sp³-hybridized carbons (Fsp3) is 0.429. The highest BCUT2D eigenvalue weighted by atomic mass is 19.2. The SMILES string of the molecule is CC(C)CC(NC(=O)c1ccc2c(c1)OCO2)C(=O)NC(C[C@@H]1CCNC1=O)C(=O)COc1c(F)c(F)cc(F)c1F. The Balaban J connectivity index is 1.50. The van der Waals surface area contributed by atoms with E-state index in [9.17, 15) is 36.7 Å². The lowest BCUT2D eigenvalue weighted by molar-refractivity contribution is -0.131. The van der Waals surface area contributed by atoms with Gasteiger partial charge in [0, 0.05) is 24.1 Å². The molecular weight excluding hydrogens is 566 g/mol. The second kappa shape index (κ2) is 13.1. The van der Waals surface area contributed by atoms with Crippen molar-refractivity contribution >= 4 is 23.5 Å². The molecule has 10 nitrogen and oxygen atoms in total. The van der Waals surface area contributed by atoms with Crippen LogP contribution in [0.25, 0.3) is 0 Å². The second-order valence-electron chi connectivity index (χ2n) is 10.3. The van der Waals surface area contributed by atoms with Gasteiger partial charge in [0.25, 0.3) is 5.91 Å². The number of hydrogen-bond donors (Lipinski definition) is 3. The molecule has 0 aliphatic carbocycles. The summed E-state index contributed by atoms with van der Waals surface area (Å²) < 4.78 is 70.6. The standard InChI is InChI=1S/C28H29F4N3O7/c1-13(2)7-19(35-27(38)14-3-4-21-22(9-14)42-12-41-21)28(39)34-18(8-15-5-6-33-26(15)37)20(36)11-40-25-23(31)16(29)10-17(30)24(25)32/h3-4,9-10,13,15,18-19H,5-8,11-12H2,1-2H3,(H,33,37)(H,34,39)(H,35,38)/t15-,18?,19?/m0/s1. The Bertz CT molecular complexity index is 1360. The predicted molar refractivity (Wildman–Crippen MR) is 138 cm³/mol. The van der Waals surface area contributed by atoms with Crippen molar-refractivity contribution in [3.63, 3.8) is 0 Å². The highest BCUT2D eigenvalue weighted by Gasteiger charge is 2.34. The van der Waals surface area contributed by atoms with Crippen LogP contribution >= 0.6 is 0 Å². The lowest BCUT2D eigenvalue weighted by atomic mass is 9.95. The zero-order chi connectivity index (χ0) is 30.6. The third kappa shape index (κ3) is 7.09. The van der Waals surface area contributed by atoms with Crippen LogP contribution in [0, 0.1) is 35.1 Å². The average Bonchev–Trinajstić information content (AvgIpc) is 3.58. The van der Waals surface area contributed by atoms with Crippen molar-refractivity contribution in [3.8, 4) is 17.2 Å². The summed E-state index contributed by atoms with van der Waals surface area (Å²) in [5.74, 6) is -11.1. The maximum atomic E-state index is 14.0. The monoisotopic (exact) mass is 595 g/mol. The van der Waals surface area contributed by atoms with E-state index in [0.29, 0.717) is 24.5 Å². The molecule has 4 rings (SSSR count). The Morgan fingerprint density at radius 2 is 1.69 bits per heavy atom. The molecule has 2 aromatic rings. The molecule has 2 unspecified atom stereocenters. The van der Waals surface area contributed by atoms with Crippen LogP contribution < -0.4 is 30.2 Å². The fourth-order valence-corrected chi connectivity index (χ4v) is 4.60. The number of halogens is 4. The number of rotatable bonds is 12. The van der Waals surface area contributed by atoms with Gasteiger partial charge in [0.1, 0.15) is 12.6 Å². The first-order valence-electron chi connectivity index (χ1n) is 13.2. The van der Waals surface area contributed by atoms with E-state index in [0.717, 1.165) is 0 Å². The molecule has 3 N–H and O–H groups in total. The van der Waals surface area contributed by atoms with Crippen LogP contribution in [0.3, 0.4) is 0 Å². The molecule has 2 heterocycles. The first kappa shape index (κ1) is 30.6. The maximum Gasteiger partial charge on any atom is 0.252 e. The number of carbonyl (C=O) groups is 4. The van der Waals surface area contributed by atoms with Crippen molar-refractivity contribution in [3.05, 3.63) is 53.1 Å². The molecule has 0 aromatic heterocycles. The zero-order valence-electron chi connectivity index (χ0n) is 22.7. The molecule has 1 saturated heterocycles. The summed E-state index contributed by atoms with van der Waals surface area (Å²) in [6.45, 7) is 2.90. The maximum absolute atomic E-state index is 14.0. The van der Waals surface area contributed by atoms with E-state index in [2.05, 4.69) is 16.0 Å². The van der Waals surface area contributed by atoms with Gasteiger partial charge >= 0.3 is 0 Å². The van der Waals surface area contributed by atoms with Crippen LogP contribution in [0.2, 0.25) is 0 Å². The smallest absolute Gasteiger partial charge is 0.252 e. The Hall–Kier alpha value is -4.36. The second-order valence-corrected chi connectivity index (χ2v) is 10.3. The van der Waals surface area contributed by atoms with Crippen LogP contribution in [0.1, 0.15) is 43.5 Å². The van der Waals surface area contributed by atoms with Crippen LogP contribution in [-0.4, -0.2) is 55.5 Å². The number of fused-ring (bicyclic) bond motifs is 1. The Labute approximate surface area is 238 Å². The fourth-order valence-electron chi connectivity index (χ4n) is 4.60. The zero-order valence-corrected chi connectivity index (χ0v) is 22.7. The van der Waals surface area contributed by atoms with Gasteiger partial charge in [-0.15, -0.1) is 0 Å². The minimum absolute atomic E-state index is 0.00434. The lowest BCUT2D eigenvalue weighted by Crippen LogP contribution is -2.53. The van der Waals surface area contributed by atoms with Crippen LogP contribution in [0.15, 0.2) is 24.3 Å². The van der Waals surface area contributed by atoms with Crippen molar-refractivity contribution in [1.82, 2.24) is 16.0 Å². The average molecular weight is 596 g/mol. The van der Waals surface area contributed by atoms with Crippen molar-refractivity contribution in [2.24, 2.45) is 11.8 Å². The molecule has 226 valence electrons. The Morgan fingerprint density at radius 1 is 1.00 bits per heavy atom. The van der Waals surface area contributed by atoms with Gasteiger partial charge in [0.05, 0.1) is 6.04 Å². The summed E-state index contributed by atoms with van der Waals surface area (Å²) in [4.78, 5) is 51.7. The molecule has 0 spiro atoms. The van der Waals surface area contributed by atoms with Crippen molar-refractivity contribution in [2.75, 3.05) is 19.9 Å². The van der Waals surface area contributed by atoms with E-state index >= 15 is 0 Å². The van der Waals surface area contributed by atoms with Crippen molar-refractivity contribution in [1.29, 1.82) is 0 Å². The molecule has 14 heteroatoms. The number of Topliss-reactive ketones (excluding diaryl/α,β-unsaturated/α-hetero) is 1. The van der Waals surface area contributed by atoms with Crippen LogP contribution in [0.5, 0.6) is 17.2 Å². The summed E-state index contributed by atoms with van der Waals surface area (Å²) in [6, 6.07) is 1.97. The first-order chi connectivity index (χ1) is 19.9. The van der Waals surface area contributed by atoms with E-state index in [1.165, 1.54) is 12.1 Å². The number of benzene rings is 2. The van der Waals surface area contributed by atoms with Gasteiger partial charge in [-0.05, 0) is 43.4 Å². The van der Waals surface area contributed by atoms with E-state index < -0.39 is 71.2 Å². The topological polar surface area (TPSA) is 132 Å².